The van der Waals surface area contributed by atoms with Crippen LogP contribution in [0, 0.1) is 0 Å². The Labute approximate surface area is 181 Å². The first kappa shape index (κ1) is 23.0. The van der Waals surface area contributed by atoms with Crippen molar-refractivity contribution in [1.29, 1.82) is 0 Å². The van der Waals surface area contributed by atoms with Gasteiger partial charge in [-0.25, -0.2) is 0 Å². The average Bonchev–Trinajstić information content (AvgIpc) is 2.65. The summed E-state index contributed by atoms with van der Waals surface area (Å²) in [6.45, 7) is 3.84. The fraction of sp³-hybridized carbons (Fsp3) is 0.333. The lowest BCUT2D eigenvalue weighted by molar-refractivity contribution is 0.187. The minimum absolute atomic E-state index is 0. The van der Waals surface area contributed by atoms with E-state index in [1.807, 2.05) is 31.2 Å². The van der Waals surface area contributed by atoms with Crippen LogP contribution in [-0.2, 0) is 0 Å². The van der Waals surface area contributed by atoms with Gasteiger partial charge in [-0.1, -0.05) is 11.6 Å². The molecule has 0 amide bonds. The zero-order valence-electron chi connectivity index (χ0n) is 14.6. The van der Waals surface area contributed by atoms with Crippen LogP contribution in [-0.4, -0.2) is 41.4 Å². The van der Waals surface area contributed by atoms with E-state index < -0.39 is 6.10 Å². The van der Waals surface area contributed by atoms with E-state index in [0.717, 1.165) is 29.4 Å². The number of halogens is 2. The van der Waals surface area contributed by atoms with Crippen LogP contribution < -0.4 is 10.6 Å². The summed E-state index contributed by atoms with van der Waals surface area (Å²) in [5.41, 5.74) is 0.813. The van der Waals surface area contributed by atoms with E-state index in [1.165, 1.54) is 4.90 Å². The summed E-state index contributed by atoms with van der Waals surface area (Å²) in [6.07, 6.45) is 2.70. The Bertz CT molecular complexity index is 658. The largest absolute Gasteiger partial charge is 0.386 e. The van der Waals surface area contributed by atoms with E-state index in [2.05, 4.69) is 20.6 Å². The fourth-order valence-electron chi connectivity index (χ4n) is 2.08. The van der Waals surface area contributed by atoms with Crippen LogP contribution >= 0.6 is 47.3 Å². The molecule has 0 fully saturated rings. The van der Waals surface area contributed by atoms with Crippen molar-refractivity contribution in [3.05, 3.63) is 59.4 Å². The van der Waals surface area contributed by atoms with Crippen molar-refractivity contribution in [1.82, 2.24) is 15.6 Å². The van der Waals surface area contributed by atoms with E-state index in [9.17, 15) is 5.11 Å². The van der Waals surface area contributed by atoms with E-state index in [0.29, 0.717) is 12.5 Å². The molecule has 0 aliphatic carbocycles. The zero-order valence-corrected chi connectivity index (χ0v) is 18.5. The molecule has 0 saturated heterocycles. The second-order valence-electron chi connectivity index (χ2n) is 5.25. The Morgan fingerprint density at radius 3 is 2.54 bits per heavy atom. The van der Waals surface area contributed by atoms with Crippen LogP contribution in [0.3, 0.4) is 0 Å². The number of nitrogens with zero attached hydrogens (tertiary/aromatic N) is 2. The summed E-state index contributed by atoms with van der Waals surface area (Å²) in [4.78, 5) is 9.58. The van der Waals surface area contributed by atoms with Crippen LogP contribution in [0.15, 0.2) is 58.7 Å². The Morgan fingerprint density at radius 1 is 1.19 bits per heavy atom. The molecule has 1 heterocycles. The molecule has 0 saturated carbocycles. The molecular weight excluding hydrogens is 483 g/mol. The first-order valence-electron chi connectivity index (χ1n) is 8.17. The van der Waals surface area contributed by atoms with Crippen molar-refractivity contribution in [2.45, 2.75) is 17.9 Å². The van der Waals surface area contributed by atoms with E-state index >= 15 is 0 Å². The highest BCUT2D eigenvalue weighted by Gasteiger charge is 2.07. The molecule has 2 aromatic rings. The number of aliphatic hydroxyl groups excluding tert-OH is 1. The van der Waals surface area contributed by atoms with Gasteiger partial charge in [-0.15, -0.1) is 35.7 Å². The molecule has 1 atom stereocenters. The SMILES string of the molecule is CCNC(=NCC(O)c1ccncc1)NCCSc1ccc(Cl)cc1.I. The van der Waals surface area contributed by atoms with Gasteiger partial charge in [0, 0.05) is 41.2 Å². The van der Waals surface area contributed by atoms with Gasteiger partial charge in [-0.3, -0.25) is 9.98 Å². The van der Waals surface area contributed by atoms with Gasteiger partial charge in [-0.05, 0) is 48.9 Å². The van der Waals surface area contributed by atoms with Crippen LogP contribution in [0.25, 0.3) is 0 Å². The summed E-state index contributed by atoms with van der Waals surface area (Å²) >= 11 is 7.63. The van der Waals surface area contributed by atoms with E-state index in [4.69, 9.17) is 11.6 Å². The first-order valence-corrected chi connectivity index (χ1v) is 9.54. The molecule has 0 spiro atoms. The molecule has 0 aliphatic rings. The molecule has 8 heteroatoms. The maximum absolute atomic E-state index is 10.2. The first-order chi connectivity index (χ1) is 12.2. The van der Waals surface area contributed by atoms with Gasteiger partial charge in [0.15, 0.2) is 5.96 Å². The number of guanidine groups is 1. The van der Waals surface area contributed by atoms with Gasteiger partial charge in [0.25, 0.3) is 0 Å². The molecule has 0 aliphatic heterocycles. The molecule has 26 heavy (non-hydrogen) atoms. The second kappa shape index (κ2) is 13.2. The number of hydrogen-bond acceptors (Lipinski definition) is 4. The monoisotopic (exact) mass is 506 g/mol. The summed E-state index contributed by atoms with van der Waals surface area (Å²) < 4.78 is 0. The van der Waals surface area contributed by atoms with Crippen molar-refractivity contribution in [2.24, 2.45) is 4.99 Å². The quantitative estimate of drug-likeness (QED) is 0.167. The molecule has 1 aromatic carbocycles. The third kappa shape index (κ3) is 8.57. The number of aliphatic hydroxyl groups is 1. The highest BCUT2D eigenvalue weighted by molar-refractivity contribution is 14.0. The second-order valence-corrected chi connectivity index (χ2v) is 6.85. The third-order valence-electron chi connectivity index (χ3n) is 3.33. The molecule has 142 valence electrons. The van der Waals surface area contributed by atoms with Crippen molar-refractivity contribution in [2.75, 3.05) is 25.4 Å². The van der Waals surface area contributed by atoms with Crippen LogP contribution in [0.5, 0.6) is 0 Å². The lowest BCUT2D eigenvalue weighted by Crippen LogP contribution is -2.38. The number of pyridine rings is 1. The highest BCUT2D eigenvalue weighted by atomic mass is 127. The molecule has 3 N–H and O–H groups in total. The lowest BCUT2D eigenvalue weighted by atomic mass is 10.1. The molecule has 1 aromatic heterocycles. The molecule has 0 radical (unpaired) electrons. The van der Waals surface area contributed by atoms with Crippen LogP contribution in [0.1, 0.15) is 18.6 Å². The van der Waals surface area contributed by atoms with Crippen LogP contribution in [0.4, 0.5) is 0 Å². The van der Waals surface area contributed by atoms with Gasteiger partial charge < -0.3 is 15.7 Å². The Balaban J connectivity index is 0.00000338. The van der Waals surface area contributed by atoms with Crippen molar-refractivity contribution in [3.63, 3.8) is 0 Å². The topological polar surface area (TPSA) is 69.5 Å². The highest BCUT2D eigenvalue weighted by Crippen LogP contribution is 2.19. The number of aromatic nitrogens is 1. The molecule has 1 unspecified atom stereocenters. The molecular formula is C18H24ClIN4OS. The van der Waals surface area contributed by atoms with E-state index in [1.54, 1.807) is 36.3 Å². The predicted molar refractivity (Wildman–Crippen MR) is 121 cm³/mol. The third-order valence-corrected chi connectivity index (χ3v) is 4.60. The fourth-order valence-corrected chi connectivity index (χ4v) is 2.97. The van der Waals surface area contributed by atoms with Gasteiger partial charge >= 0.3 is 0 Å². The Kier molecular flexibility index (Phi) is 11.7. The number of aliphatic imine (C=N–C) groups is 1. The van der Waals surface area contributed by atoms with Crippen molar-refractivity contribution < 1.29 is 5.11 Å². The lowest BCUT2D eigenvalue weighted by Gasteiger charge is -2.13. The maximum atomic E-state index is 10.2. The summed E-state index contributed by atoms with van der Waals surface area (Å²) in [6, 6.07) is 11.4. The summed E-state index contributed by atoms with van der Waals surface area (Å²) in [7, 11) is 0. The predicted octanol–water partition coefficient (Wildman–Crippen LogP) is 3.73. The number of benzene rings is 1. The smallest absolute Gasteiger partial charge is 0.191 e. The maximum Gasteiger partial charge on any atom is 0.191 e. The minimum Gasteiger partial charge on any atom is -0.386 e. The van der Waals surface area contributed by atoms with Crippen LogP contribution in [0.2, 0.25) is 5.02 Å². The molecule has 5 nitrogen and oxygen atoms in total. The minimum atomic E-state index is -0.637. The van der Waals surface area contributed by atoms with Gasteiger partial charge in [-0.2, -0.15) is 0 Å². The molecule has 2 rings (SSSR count). The normalized spacial score (nSPS) is 12.2. The van der Waals surface area contributed by atoms with Crippen molar-refractivity contribution in [3.8, 4) is 0 Å². The van der Waals surface area contributed by atoms with Gasteiger partial charge in [0.05, 0.1) is 12.6 Å². The number of rotatable bonds is 8. The standard InChI is InChI=1S/C18H23ClN4OS.HI/c1-2-21-18(23-13-17(24)14-7-9-20-10-8-14)22-11-12-25-16-5-3-15(19)4-6-16;/h3-10,17,24H,2,11-13H2,1H3,(H2,21,22,23);1H. The van der Waals surface area contributed by atoms with E-state index in [-0.39, 0.29) is 24.0 Å². The summed E-state index contributed by atoms with van der Waals surface area (Å²) in [5, 5.41) is 17.4. The average molecular weight is 507 g/mol. The number of thioether (sulfide) groups is 1. The number of hydrogen-bond donors (Lipinski definition) is 3. The Morgan fingerprint density at radius 2 is 1.88 bits per heavy atom. The Hall–Kier alpha value is -1.03. The zero-order chi connectivity index (χ0) is 17.9. The number of nitrogens with one attached hydrogen (secondary N) is 2. The molecule has 0 bridgehead atoms. The van der Waals surface area contributed by atoms with Gasteiger partial charge in [0.2, 0.25) is 0 Å². The van der Waals surface area contributed by atoms with Gasteiger partial charge in [0.1, 0.15) is 0 Å². The van der Waals surface area contributed by atoms with Crippen molar-refractivity contribution >= 4 is 53.3 Å². The summed E-state index contributed by atoms with van der Waals surface area (Å²) in [5.74, 6) is 1.60.